The van der Waals surface area contributed by atoms with E-state index in [9.17, 15) is 4.79 Å². The molecule has 2 aliphatic rings. The Labute approximate surface area is 171 Å². The standard InChI is InChI=1S/C24H38N2O2/c1-19-16-20(2)18-22(17-19)24(9-14-28-15-10-24)23(27)25-21(3)8-13-26-11-6-4-5-7-12-26/h16-18,21H,4-15H2,1-3H3,(H,25,27)/t21-/m1/s1. The number of nitrogens with zero attached hydrogens (tertiary/aromatic N) is 1. The molecule has 1 N–H and O–H groups in total. The van der Waals surface area contributed by atoms with Crippen molar-refractivity contribution < 1.29 is 9.53 Å². The number of carbonyl (C=O) groups excluding carboxylic acids is 1. The van der Waals surface area contributed by atoms with E-state index in [0.29, 0.717) is 13.2 Å². The summed E-state index contributed by atoms with van der Waals surface area (Å²) in [4.78, 5) is 16.1. The summed E-state index contributed by atoms with van der Waals surface area (Å²) in [6, 6.07) is 6.76. The van der Waals surface area contributed by atoms with Crippen molar-refractivity contribution in [2.24, 2.45) is 0 Å². The number of ether oxygens (including phenoxy) is 1. The maximum absolute atomic E-state index is 13.5. The van der Waals surface area contributed by atoms with Crippen LogP contribution in [-0.4, -0.2) is 49.7 Å². The molecule has 0 spiro atoms. The van der Waals surface area contributed by atoms with Gasteiger partial charge >= 0.3 is 0 Å². The molecule has 4 heteroatoms. The van der Waals surface area contributed by atoms with Crippen LogP contribution in [0, 0.1) is 13.8 Å². The van der Waals surface area contributed by atoms with Gasteiger partial charge < -0.3 is 15.0 Å². The summed E-state index contributed by atoms with van der Waals surface area (Å²) in [6.07, 6.45) is 7.91. The summed E-state index contributed by atoms with van der Waals surface area (Å²) in [5.41, 5.74) is 3.16. The van der Waals surface area contributed by atoms with Gasteiger partial charge in [0.2, 0.25) is 5.91 Å². The third-order valence-electron chi connectivity index (χ3n) is 6.51. The molecule has 0 unspecified atom stereocenters. The van der Waals surface area contributed by atoms with Crippen LogP contribution in [0.25, 0.3) is 0 Å². The molecule has 1 aromatic rings. The molecule has 1 aromatic carbocycles. The highest BCUT2D eigenvalue weighted by atomic mass is 16.5. The molecule has 2 fully saturated rings. The molecule has 0 bridgehead atoms. The summed E-state index contributed by atoms with van der Waals surface area (Å²) in [5, 5.41) is 3.36. The Morgan fingerprint density at radius 1 is 1.07 bits per heavy atom. The lowest BCUT2D eigenvalue weighted by Crippen LogP contribution is -2.51. The van der Waals surface area contributed by atoms with Crippen molar-refractivity contribution in [2.45, 2.75) is 77.2 Å². The van der Waals surface area contributed by atoms with Gasteiger partial charge in [0, 0.05) is 25.8 Å². The Kier molecular flexibility index (Phi) is 7.53. The van der Waals surface area contributed by atoms with Gasteiger partial charge in [-0.1, -0.05) is 42.2 Å². The highest BCUT2D eigenvalue weighted by Gasteiger charge is 2.42. The molecule has 1 atom stereocenters. The quantitative estimate of drug-likeness (QED) is 0.799. The van der Waals surface area contributed by atoms with Crippen molar-refractivity contribution in [1.29, 1.82) is 0 Å². The lowest BCUT2D eigenvalue weighted by molar-refractivity contribution is -0.131. The van der Waals surface area contributed by atoms with E-state index in [4.69, 9.17) is 4.74 Å². The Hall–Kier alpha value is -1.39. The average Bonchev–Trinajstić information content (AvgIpc) is 2.95. The topological polar surface area (TPSA) is 41.6 Å². The summed E-state index contributed by atoms with van der Waals surface area (Å²) >= 11 is 0. The van der Waals surface area contributed by atoms with E-state index >= 15 is 0 Å². The summed E-state index contributed by atoms with van der Waals surface area (Å²) in [7, 11) is 0. The van der Waals surface area contributed by atoms with Gasteiger partial charge in [0.25, 0.3) is 0 Å². The second-order valence-corrected chi connectivity index (χ2v) is 8.99. The van der Waals surface area contributed by atoms with Gasteiger partial charge in [0.15, 0.2) is 0 Å². The van der Waals surface area contributed by atoms with Crippen LogP contribution in [0.2, 0.25) is 0 Å². The van der Waals surface area contributed by atoms with Gasteiger partial charge in [0.05, 0.1) is 5.41 Å². The molecule has 0 radical (unpaired) electrons. The first-order chi connectivity index (χ1) is 13.5. The first-order valence-corrected chi connectivity index (χ1v) is 11.2. The predicted octanol–water partition coefficient (Wildman–Crippen LogP) is 4.12. The van der Waals surface area contributed by atoms with E-state index in [0.717, 1.165) is 31.4 Å². The van der Waals surface area contributed by atoms with Gasteiger partial charge in [-0.05, 0) is 71.5 Å². The minimum atomic E-state index is -0.452. The Bertz CT molecular complexity index is 624. The largest absolute Gasteiger partial charge is 0.381 e. The van der Waals surface area contributed by atoms with E-state index in [1.54, 1.807) is 0 Å². The molecule has 2 heterocycles. The molecule has 3 rings (SSSR count). The fourth-order valence-corrected chi connectivity index (χ4v) is 4.79. The van der Waals surface area contributed by atoms with Crippen molar-refractivity contribution in [3.63, 3.8) is 0 Å². The fourth-order valence-electron chi connectivity index (χ4n) is 4.79. The number of likely N-dealkylation sites (tertiary alicyclic amines) is 1. The molecule has 28 heavy (non-hydrogen) atoms. The van der Waals surface area contributed by atoms with Crippen LogP contribution < -0.4 is 5.32 Å². The van der Waals surface area contributed by atoms with Crippen LogP contribution in [0.3, 0.4) is 0 Å². The maximum atomic E-state index is 13.5. The number of nitrogens with one attached hydrogen (secondary N) is 1. The van der Waals surface area contributed by atoms with E-state index in [-0.39, 0.29) is 11.9 Å². The molecule has 4 nitrogen and oxygen atoms in total. The van der Waals surface area contributed by atoms with Crippen LogP contribution in [0.1, 0.15) is 68.6 Å². The lowest BCUT2D eigenvalue weighted by atomic mass is 9.72. The number of hydrogen-bond donors (Lipinski definition) is 1. The summed E-state index contributed by atoms with van der Waals surface area (Å²) in [6.45, 7) is 11.2. The number of hydrogen-bond acceptors (Lipinski definition) is 3. The third kappa shape index (κ3) is 5.36. The van der Waals surface area contributed by atoms with Crippen molar-refractivity contribution >= 4 is 5.91 Å². The third-order valence-corrected chi connectivity index (χ3v) is 6.51. The lowest BCUT2D eigenvalue weighted by Gasteiger charge is -2.37. The highest BCUT2D eigenvalue weighted by Crippen LogP contribution is 2.36. The number of aryl methyl sites for hydroxylation is 2. The second-order valence-electron chi connectivity index (χ2n) is 8.99. The molecular formula is C24H38N2O2. The average molecular weight is 387 g/mol. The van der Waals surface area contributed by atoms with E-state index in [1.807, 2.05) is 0 Å². The van der Waals surface area contributed by atoms with Crippen molar-refractivity contribution in [2.75, 3.05) is 32.8 Å². The maximum Gasteiger partial charge on any atom is 0.231 e. The summed E-state index contributed by atoms with van der Waals surface area (Å²) in [5.74, 6) is 0.184. The Morgan fingerprint density at radius 2 is 1.68 bits per heavy atom. The fraction of sp³-hybridized carbons (Fsp3) is 0.708. The first-order valence-electron chi connectivity index (χ1n) is 11.2. The zero-order valence-electron chi connectivity index (χ0n) is 18.1. The van der Waals surface area contributed by atoms with Crippen LogP contribution in [0.5, 0.6) is 0 Å². The van der Waals surface area contributed by atoms with Crippen molar-refractivity contribution in [3.05, 3.63) is 34.9 Å². The first kappa shape index (κ1) is 21.3. The van der Waals surface area contributed by atoms with Crippen molar-refractivity contribution in [1.82, 2.24) is 10.2 Å². The van der Waals surface area contributed by atoms with E-state index < -0.39 is 5.41 Å². The molecule has 156 valence electrons. The van der Waals surface area contributed by atoms with E-state index in [1.165, 1.54) is 49.9 Å². The number of benzene rings is 1. The van der Waals surface area contributed by atoms with Crippen LogP contribution in [0.15, 0.2) is 18.2 Å². The monoisotopic (exact) mass is 386 g/mol. The number of rotatable bonds is 6. The van der Waals surface area contributed by atoms with Gasteiger partial charge in [0.1, 0.15) is 0 Å². The molecular weight excluding hydrogens is 348 g/mol. The zero-order chi connectivity index (χ0) is 20.0. The second kappa shape index (κ2) is 9.89. The molecule has 0 aromatic heterocycles. The predicted molar refractivity (Wildman–Crippen MR) is 115 cm³/mol. The van der Waals surface area contributed by atoms with E-state index in [2.05, 4.69) is 49.2 Å². The molecule has 0 aliphatic carbocycles. The van der Waals surface area contributed by atoms with Gasteiger partial charge in [-0.25, -0.2) is 0 Å². The number of carbonyl (C=O) groups is 1. The smallest absolute Gasteiger partial charge is 0.231 e. The highest BCUT2D eigenvalue weighted by molar-refractivity contribution is 5.88. The minimum absolute atomic E-state index is 0.184. The molecule has 2 saturated heterocycles. The van der Waals surface area contributed by atoms with Gasteiger partial charge in [-0.15, -0.1) is 0 Å². The normalized spacial score (nSPS) is 21.7. The molecule has 2 aliphatic heterocycles. The summed E-state index contributed by atoms with van der Waals surface area (Å²) < 4.78 is 5.61. The SMILES string of the molecule is Cc1cc(C)cc(C2(C(=O)N[C@H](C)CCN3CCCCCC3)CCOCC2)c1. The Balaban J connectivity index is 1.66. The van der Waals surface area contributed by atoms with Gasteiger partial charge in [-0.3, -0.25) is 4.79 Å². The Morgan fingerprint density at radius 3 is 2.29 bits per heavy atom. The molecule has 0 saturated carbocycles. The van der Waals surface area contributed by atoms with Crippen LogP contribution >= 0.6 is 0 Å². The molecule has 1 amide bonds. The van der Waals surface area contributed by atoms with Crippen LogP contribution in [0.4, 0.5) is 0 Å². The number of amides is 1. The minimum Gasteiger partial charge on any atom is -0.381 e. The zero-order valence-corrected chi connectivity index (χ0v) is 18.1. The van der Waals surface area contributed by atoms with Crippen molar-refractivity contribution in [3.8, 4) is 0 Å². The van der Waals surface area contributed by atoms with Crippen LogP contribution in [-0.2, 0) is 14.9 Å². The van der Waals surface area contributed by atoms with Gasteiger partial charge in [-0.2, -0.15) is 0 Å².